The molecule has 0 aliphatic carbocycles. The van der Waals surface area contributed by atoms with Gasteiger partial charge in [-0.15, -0.1) is 0 Å². The molecule has 7 nitrogen and oxygen atoms in total. The van der Waals surface area contributed by atoms with Gasteiger partial charge < -0.3 is 21.6 Å². The Bertz CT molecular complexity index is 586. The standard InChI is InChI=1S/C14H16FN3O4/c15-9-3-1-8(2-4-9)13(20)18-6-5-10(14(21)22)12(17)11(19)7-16/h1-4,10,17H,5-7,16H2,(H,18,20)(H,21,22). The summed E-state index contributed by atoms with van der Waals surface area (Å²) >= 11 is 0. The van der Waals surface area contributed by atoms with Crippen LogP contribution in [0.5, 0.6) is 0 Å². The van der Waals surface area contributed by atoms with Crippen molar-refractivity contribution >= 4 is 23.4 Å². The maximum atomic E-state index is 12.7. The summed E-state index contributed by atoms with van der Waals surface area (Å²) in [7, 11) is 0. The van der Waals surface area contributed by atoms with Crippen LogP contribution in [0.1, 0.15) is 16.8 Å². The van der Waals surface area contributed by atoms with Crippen molar-refractivity contribution in [3.8, 4) is 0 Å². The first-order valence-corrected chi connectivity index (χ1v) is 6.45. The third-order valence-corrected chi connectivity index (χ3v) is 2.96. The predicted molar refractivity (Wildman–Crippen MR) is 76.3 cm³/mol. The van der Waals surface area contributed by atoms with Crippen molar-refractivity contribution in [3.05, 3.63) is 35.6 Å². The molecule has 0 aromatic heterocycles. The monoisotopic (exact) mass is 309 g/mol. The van der Waals surface area contributed by atoms with Crippen LogP contribution in [0.3, 0.4) is 0 Å². The number of nitrogens with two attached hydrogens (primary N) is 1. The van der Waals surface area contributed by atoms with Gasteiger partial charge in [0.05, 0.1) is 12.3 Å². The summed E-state index contributed by atoms with van der Waals surface area (Å²) in [5.74, 6) is -4.39. The van der Waals surface area contributed by atoms with Gasteiger partial charge in [-0.05, 0) is 30.7 Å². The minimum absolute atomic E-state index is 0.0482. The number of amides is 1. The summed E-state index contributed by atoms with van der Waals surface area (Å²) in [5, 5.41) is 19.0. The first kappa shape index (κ1) is 17.4. The summed E-state index contributed by atoms with van der Waals surface area (Å²) in [6, 6.07) is 4.84. The Labute approximate surface area is 125 Å². The van der Waals surface area contributed by atoms with Gasteiger partial charge in [0.2, 0.25) is 0 Å². The molecule has 1 atom stereocenters. The Morgan fingerprint density at radius 2 is 1.86 bits per heavy atom. The second-order valence-corrected chi connectivity index (χ2v) is 4.48. The van der Waals surface area contributed by atoms with Crippen molar-refractivity contribution in [3.63, 3.8) is 0 Å². The number of benzene rings is 1. The number of carbonyl (C=O) groups is 3. The number of ketones is 1. The quantitative estimate of drug-likeness (QED) is 0.509. The predicted octanol–water partition coefficient (Wildman–Crippen LogP) is 0.194. The van der Waals surface area contributed by atoms with Crippen LogP contribution in [0, 0.1) is 17.1 Å². The first-order chi connectivity index (χ1) is 10.4. The van der Waals surface area contributed by atoms with E-state index in [1.807, 2.05) is 0 Å². The average molecular weight is 309 g/mol. The number of carboxylic acid groups (broad SMARTS) is 1. The van der Waals surface area contributed by atoms with Crippen LogP contribution in [0.15, 0.2) is 24.3 Å². The molecule has 1 aromatic rings. The maximum absolute atomic E-state index is 12.7. The fourth-order valence-corrected chi connectivity index (χ4v) is 1.73. The molecule has 8 heteroatoms. The van der Waals surface area contributed by atoms with Crippen molar-refractivity contribution in [1.29, 1.82) is 5.41 Å². The van der Waals surface area contributed by atoms with Crippen LogP contribution >= 0.6 is 0 Å². The zero-order valence-electron chi connectivity index (χ0n) is 11.6. The number of hydrogen-bond donors (Lipinski definition) is 4. The molecule has 0 bridgehead atoms. The highest BCUT2D eigenvalue weighted by atomic mass is 19.1. The fourth-order valence-electron chi connectivity index (χ4n) is 1.73. The van der Waals surface area contributed by atoms with E-state index in [0.717, 1.165) is 12.1 Å². The summed E-state index contributed by atoms with van der Waals surface area (Å²) in [5.41, 5.74) is 4.72. The van der Waals surface area contributed by atoms with E-state index >= 15 is 0 Å². The van der Waals surface area contributed by atoms with E-state index in [1.165, 1.54) is 12.1 Å². The molecule has 1 unspecified atom stereocenters. The number of carbonyl (C=O) groups excluding carboxylic acids is 2. The Kier molecular flexibility index (Phi) is 6.33. The minimum Gasteiger partial charge on any atom is -0.481 e. The van der Waals surface area contributed by atoms with Crippen LogP contribution in [0.25, 0.3) is 0 Å². The normalized spacial score (nSPS) is 11.5. The van der Waals surface area contributed by atoms with Crippen LogP contribution in [-0.4, -0.2) is 41.6 Å². The lowest BCUT2D eigenvalue weighted by atomic mass is 9.96. The van der Waals surface area contributed by atoms with Gasteiger partial charge in [-0.1, -0.05) is 0 Å². The lowest BCUT2D eigenvalue weighted by Crippen LogP contribution is -2.36. The number of rotatable bonds is 8. The zero-order chi connectivity index (χ0) is 16.7. The largest absolute Gasteiger partial charge is 0.481 e. The number of nitrogens with one attached hydrogen (secondary N) is 2. The van der Waals surface area contributed by atoms with Crippen LogP contribution in [0.4, 0.5) is 4.39 Å². The molecule has 118 valence electrons. The highest BCUT2D eigenvalue weighted by Gasteiger charge is 2.26. The van der Waals surface area contributed by atoms with Crippen molar-refractivity contribution in [2.24, 2.45) is 11.7 Å². The summed E-state index contributed by atoms with van der Waals surface area (Å²) in [4.78, 5) is 34.1. The van der Waals surface area contributed by atoms with Gasteiger partial charge in [0.25, 0.3) is 5.91 Å². The minimum atomic E-state index is -1.33. The lowest BCUT2D eigenvalue weighted by Gasteiger charge is -2.13. The van der Waals surface area contributed by atoms with Gasteiger partial charge >= 0.3 is 5.97 Å². The van der Waals surface area contributed by atoms with Gasteiger partial charge in [-0.3, -0.25) is 14.4 Å². The highest BCUT2D eigenvalue weighted by Crippen LogP contribution is 2.07. The van der Waals surface area contributed by atoms with E-state index in [-0.39, 0.29) is 18.5 Å². The molecule has 5 N–H and O–H groups in total. The zero-order valence-corrected chi connectivity index (χ0v) is 11.6. The second kappa shape index (κ2) is 7.99. The Morgan fingerprint density at radius 1 is 1.27 bits per heavy atom. The molecular formula is C14H16FN3O4. The van der Waals surface area contributed by atoms with E-state index in [4.69, 9.17) is 16.2 Å². The van der Waals surface area contributed by atoms with E-state index in [9.17, 15) is 18.8 Å². The van der Waals surface area contributed by atoms with Crippen LogP contribution < -0.4 is 11.1 Å². The molecule has 1 aromatic carbocycles. The first-order valence-electron chi connectivity index (χ1n) is 6.45. The number of halogens is 1. The molecular weight excluding hydrogens is 293 g/mol. The number of carboxylic acids is 1. The summed E-state index contributed by atoms with van der Waals surface area (Å²) < 4.78 is 12.7. The molecule has 0 heterocycles. The Balaban J connectivity index is 2.58. The summed E-state index contributed by atoms with van der Waals surface area (Å²) in [6.07, 6.45) is -0.118. The van der Waals surface area contributed by atoms with Gasteiger partial charge in [0, 0.05) is 12.1 Å². The highest BCUT2D eigenvalue weighted by molar-refractivity contribution is 6.42. The third-order valence-electron chi connectivity index (χ3n) is 2.96. The molecule has 0 saturated heterocycles. The molecule has 0 aliphatic heterocycles. The molecule has 0 aliphatic rings. The number of hydrogen-bond acceptors (Lipinski definition) is 5. The van der Waals surface area contributed by atoms with Crippen molar-refractivity contribution < 1.29 is 23.9 Å². The van der Waals surface area contributed by atoms with Crippen LogP contribution in [-0.2, 0) is 9.59 Å². The van der Waals surface area contributed by atoms with Crippen molar-refractivity contribution in [1.82, 2.24) is 5.32 Å². The average Bonchev–Trinajstić information content (AvgIpc) is 2.50. The van der Waals surface area contributed by atoms with Crippen LogP contribution in [0.2, 0.25) is 0 Å². The maximum Gasteiger partial charge on any atom is 0.312 e. The topological polar surface area (TPSA) is 133 Å². The van der Waals surface area contributed by atoms with Gasteiger partial charge in [0.1, 0.15) is 11.7 Å². The van der Waals surface area contributed by atoms with Crippen molar-refractivity contribution in [2.45, 2.75) is 6.42 Å². The van der Waals surface area contributed by atoms with Crippen molar-refractivity contribution in [2.75, 3.05) is 13.1 Å². The van der Waals surface area contributed by atoms with E-state index in [2.05, 4.69) is 5.32 Å². The molecule has 0 spiro atoms. The molecule has 0 saturated carbocycles. The number of aliphatic carboxylic acids is 1. The van der Waals surface area contributed by atoms with Gasteiger partial charge in [-0.2, -0.15) is 0 Å². The molecule has 1 amide bonds. The molecule has 0 radical (unpaired) electrons. The Morgan fingerprint density at radius 3 is 2.36 bits per heavy atom. The number of Topliss-reactive ketones (excluding diaryl/α,β-unsaturated/α-hetero) is 1. The Hall–Kier alpha value is -2.61. The van der Waals surface area contributed by atoms with Gasteiger partial charge in [0.15, 0.2) is 5.78 Å². The van der Waals surface area contributed by atoms with E-state index < -0.39 is 41.7 Å². The van der Waals surface area contributed by atoms with E-state index in [1.54, 1.807) is 0 Å². The fraction of sp³-hybridized carbons (Fsp3) is 0.286. The van der Waals surface area contributed by atoms with Gasteiger partial charge in [-0.25, -0.2) is 4.39 Å². The molecule has 22 heavy (non-hydrogen) atoms. The molecule has 1 rings (SSSR count). The SMILES string of the molecule is N=C(C(=O)CN)C(CCNC(=O)c1ccc(F)cc1)C(=O)O. The second-order valence-electron chi connectivity index (χ2n) is 4.48. The third kappa shape index (κ3) is 4.74. The molecule has 0 fully saturated rings. The summed E-state index contributed by atoms with van der Waals surface area (Å²) in [6.45, 7) is -0.488. The smallest absolute Gasteiger partial charge is 0.312 e. The van der Waals surface area contributed by atoms with E-state index in [0.29, 0.717) is 0 Å². The lowest BCUT2D eigenvalue weighted by molar-refractivity contribution is -0.140.